The molecule has 0 amide bonds. The van der Waals surface area contributed by atoms with E-state index < -0.39 is 0 Å². The number of nitrogens with zero attached hydrogens (tertiary/aromatic N) is 5. The number of aromatic nitrogens is 5. The van der Waals surface area contributed by atoms with Gasteiger partial charge in [0.15, 0.2) is 5.65 Å². The Morgan fingerprint density at radius 2 is 1.92 bits per heavy atom. The maximum absolute atomic E-state index is 5.20. The number of ether oxygens (including phenoxy) is 1. The Kier molecular flexibility index (Phi) is 4.31. The summed E-state index contributed by atoms with van der Waals surface area (Å²) in [6.45, 7) is 2.00. The summed E-state index contributed by atoms with van der Waals surface area (Å²) in [5, 5.41) is 8.45. The van der Waals surface area contributed by atoms with Crippen molar-refractivity contribution in [1.29, 1.82) is 0 Å². The molecule has 4 rings (SSSR count). The minimum Gasteiger partial charge on any atom is -0.481 e. The molecule has 130 valence electrons. The van der Waals surface area contributed by atoms with Gasteiger partial charge >= 0.3 is 0 Å². The molecule has 4 heterocycles. The summed E-state index contributed by atoms with van der Waals surface area (Å²) in [6, 6.07) is 14.1. The van der Waals surface area contributed by atoms with E-state index in [1.54, 1.807) is 19.6 Å². The first kappa shape index (κ1) is 16.2. The van der Waals surface area contributed by atoms with Crippen LogP contribution in [0.3, 0.4) is 0 Å². The van der Waals surface area contributed by atoms with Crippen LogP contribution in [0, 0.1) is 6.92 Å². The third-order valence-electron chi connectivity index (χ3n) is 4.47. The highest BCUT2D eigenvalue weighted by Gasteiger charge is 2.12. The predicted octanol–water partition coefficient (Wildman–Crippen LogP) is 3.29. The summed E-state index contributed by atoms with van der Waals surface area (Å²) in [5.74, 6) is 0.638. The van der Waals surface area contributed by atoms with Crippen LogP contribution in [-0.2, 0) is 12.8 Å². The number of aryl methyl sites for hydroxylation is 3. The van der Waals surface area contributed by atoms with Gasteiger partial charge in [0.2, 0.25) is 5.88 Å². The molecule has 0 unspecified atom stereocenters. The van der Waals surface area contributed by atoms with E-state index in [0.29, 0.717) is 5.88 Å². The number of rotatable bonds is 5. The second-order valence-corrected chi connectivity index (χ2v) is 6.07. The molecule has 0 fully saturated rings. The summed E-state index contributed by atoms with van der Waals surface area (Å²) in [6.07, 6.45) is 5.21. The summed E-state index contributed by atoms with van der Waals surface area (Å²) in [4.78, 5) is 8.86. The average Bonchev–Trinajstić information content (AvgIpc) is 3.17. The first-order valence-corrected chi connectivity index (χ1v) is 8.50. The van der Waals surface area contributed by atoms with Crippen molar-refractivity contribution in [1.82, 2.24) is 24.6 Å². The molecule has 4 aromatic heterocycles. The minimum atomic E-state index is 0.638. The van der Waals surface area contributed by atoms with Crippen molar-refractivity contribution >= 4 is 5.65 Å². The van der Waals surface area contributed by atoms with Crippen LogP contribution in [0.1, 0.15) is 17.1 Å². The van der Waals surface area contributed by atoms with Crippen molar-refractivity contribution in [3.8, 4) is 17.0 Å². The maximum Gasteiger partial charge on any atom is 0.213 e. The highest BCUT2D eigenvalue weighted by atomic mass is 16.5. The minimum absolute atomic E-state index is 0.638. The lowest BCUT2D eigenvalue weighted by Crippen LogP contribution is -2.02. The molecule has 0 aliphatic heterocycles. The second-order valence-electron chi connectivity index (χ2n) is 6.07. The number of pyridine rings is 3. The Labute approximate surface area is 151 Å². The molecule has 6 nitrogen and oxygen atoms in total. The van der Waals surface area contributed by atoms with Gasteiger partial charge in [-0.25, -0.2) is 4.98 Å². The molecule has 0 aromatic carbocycles. The molecular weight excluding hydrogens is 326 g/mol. The van der Waals surface area contributed by atoms with Gasteiger partial charge in [-0.2, -0.15) is 0 Å². The number of hydrogen-bond acceptors (Lipinski definition) is 5. The lowest BCUT2D eigenvalue weighted by molar-refractivity contribution is 0.396. The van der Waals surface area contributed by atoms with Crippen molar-refractivity contribution < 1.29 is 4.74 Å². The molecular formula is C20H19N5O. The maximum atomic E-state index is 5.20. The van der Waals surface area contributed by atoms with Crippen molar-refractivity contribution in [3.63, 3.8) is 0 Å². The summed E-state index contributed by atoms with van der Waals surface area (Å²) in [5.41, 5.74) is 6.07. The van der Waals surface area contributed by atoms with Crippen molar-refractivity contribution in [3.05, 3.63) is 72.1 Å². The van der Waals surface area contributed by atoms with E-state index >= 15 is 0 Å². The SMILES string of the molecule is COc1cccc(CCc2ccc(-c3cccnc3C)c3nncn23)n1. The molecule has 0 N–H and O–H groups in total. The fraction of sp³-hybridized carbons (Fsp3) is 0.200. The normalized spacial score (nSPS) is 11.0. The summed E-state index contributed by atoms with van der Waals surface area (Å²) < 4.78 is 7.24. The van der Waals surface area contributed by atoms with Crippen LogP contribution in [0.4, 0.5) is 0 Å². The lowest BCUT2D eigenvalue weighted by atomic mass is 10.0. The van der Waals surface area contributed by atoms with Crippen LogP contribution in [-0.4, -0.2) is 31.7 Å². The van der Waals surface area contributed by atoms with Gasteiger partial charge in [-0.1, -0.05) is 12.1 Å². The van der Waals surface area contributed by atoms with Crippen LogP contribution >= 0.6 is 0 Å². The number of hydrogen-bond donors (Lipinski definition) is 0. The van der Waals surface area contributed by atoms with E-state index in [-0.39, 0.29) is 0 Å². The van der Waals surface area contributed by atoms with Crippen LogP contribution in [0.15, 0.2) is 55.0 Å². The monoisotopic (exact) mass is 345 g/mol. The van der Waals surface area contributed by atoms with E-state index in [1.165, 1.54) is 0 Å². The molecule has 0 saturated carbocycles. The standard InChI is InChI=1S/C20H19N5O/c1-14-17(6-4-12-21-14)18-11-10-16(25-13-22-24-20(18)25)9-8-15-5-3-7-19(23-15)26-2/h3-7,10-13H,8-9H2,1-2H3. The average molecular weight is 345 g/mol. The first-order chi connectivity index (χ1) is 12.8. The van der Waals surface area contributed by atoms with E-state index in [4.69, 9.17) is 4.74 Å². The van der Waals surface area contributed by atoms with Gasteiger partial charge in [-0.05, 0) is 44.0 Å². The number of fused-ring (bicyclic) bond motifs is 1. The van der Waals surface area contributed by atoms with E-state index in [2.05, 4.69) is 38.4 Å². The van der Waals surface area contributed by atoms with Gasteiger partial charge in [-0.3, -0.25) is 9.38 Å². The molecule has 6 heteroatoms. The second kappa shape index (κ2) is 6.92. The summed E-state index contributed by atoms with van der Waals surface area (Å²) in [7, 11) is 1.63. The van der Waals surface area contributed by atoms with Gasteiger partial charge in [0.05, 0.1) is 7.11 Å². The highest BCUT2D eigenvalue weighted by Crippen LogP contribution is 2.26. The van der Waals surface area contributed by atoms with Gasteiger partial charge in [0.1, 0.15) is 6.33 Å². The fourth-order valence-corrected chi connectivity index (χ4v) is 3.11. The molecule has 4 aromatic rings. The Morgan fingerprint density at radius 3 is 2.77 bits per heavy atom. The zero-order valence-corrected chi connectivity index (χ0v) is 14.8. The quantitative estimate of drug-likeness (QED) is 0.555. The lowest BCUT2D eigenvalue weighted by Gasteiger charge is -2.10. The molecule has 0 saturated heterocycles. The Balaban J connectivity index is 1.66. The highest BCUT2D eigenvalue weighted by molar-refractivity contribution is 5.78. The van der Waals surface area contributed by atoms with E-state index in [1.807, 2.05) is 35.6 Å². The van der Waals surface area contributed by atoms with E-state index in [9.17, 15) is 0 Å². The van der Waals surface area contributed by atoms with Crippen molar-refractivity contribution in [2.45, 2.75) is 19.8 Å². The molecule has 0 radical (unpaired) electrons. The molecule has 0 aliphatic carbocycles. The zero-order chi connectivity index (χ0) is 17.9. The smallest absolute Gasteiger partial charge is 0.213 e. The first-order valence-electron chi connectivity index (χ1n) is 8.50. The Morgan fingerprint density at radius 1 is 1.00 bits per heavy atom. The molecule has 0 bridgehead atoms. The van der Waals surface area contributed by atoms with Crippen LogP contribution in [0.5, 0.6) is 5.88 Å². The van der Waals surface area contributed by atoms with Crippen LogP contribution in [0.2, 0.25) is 0 Å². The summed E-state index contributed by atoms with van der Waals surface area (Å²) >= 11 is 0. The predicted molar refractivity (Wildman–Crippen MR) is 99.2 cm³/mol. The third-order valence-corrected chi connectivity index (χ3v) is 4.47. The van der Waals surface area contributed by atoms with Crippen LogP contribution in [0.25, 0.3) is 16.8 Å². The van der Waals surface area contributed by atoms with Gasteiger partial charge < -0.3 is 4.74 Å². The molecule has 0 atom stereocenters. The third kappa shape index (κ3) is 3.01. The van der Waals surface area contributed by atoms with Crippen molar-refractivity contribution in [2.75, 3.05) is 7.11 Å². The zero-order valence-electron chi connectivity index (χ0n) is 14.8. The Bertz CT molecular complexity index is 1060. The van der Waals surface area contributed by atoms with Crippen LogP contribution < -0.4 is 4.74 Å². The largest absolute Gasteiger partial charge is 0.481 e. The molecule has 0 aliphatic rings. The fourth-order valence-electron chi connectivity index (χ4n) is 3.11. The number of methoxy groups -OCH3 is 1. The topological polar surface area (TPSA) is 65.2 Å². The van der Waals surface area contributed by atoms with Gasteiger partial charge in [0.25, 0.3) is 0 Å². The molecule has 26 heavy (non-hydrogen) atoms. The van der Waals surface area contributed by atoms with E-state index in [0.717, 1.165) is 46.7 Å². The van der Waals surface area contributed by atoms with Gasteiger partial charge in [-0.15, -0.1) is 10.2 Å². The van der Waals surface area contributed by atoms with Gasteiger partial charge in [0, 0.05) is 40.5 Å². The molecule has 0 spiro atoms. The Hall–Kier alpha value is -3.28. The van der Waals surface area contributed by atoms with Crippen molar-refractivity contribution in [2.24, 2.45) is 0 Å².